The number of hydrogen-bond acceptors (Lipinski definition) is 0. The van der Waals surface area contributed by atoms with Crippen molar-refractivity contribution in [3.8, 4) is 0 Å². The third kappa shape index (κ3) is 3.41. The second-order valence-electron chi connectivity index (χ2n) is 7.79. The molecular formula is C21H27F3. The molecule has 0 N–H and O–H groups in total. The van der Waals surface area contributed by atoms with Crippen LogP contribution >= 0.6 is 0 Å². The molecule has 2 atom stereocenters. The fourth-order valence-corrected chi connectivity index (χ4v) is 4.58. The lowest BCUT2D eigenvalue weighted by Gasteiger charge is -2.31. The first-order valence-electron chi connectivity index (χ1n) is 9.26. The fraction of sp³-hybridized carbons (Fsp3) is 0.619. The Morgan fingerprint density at radius 2 is 1.75 bits per heavy atom. The average molecular weight is 336 g/mol. The van der Waals surface area contributed by atoms with Crippen LogP contribution in [0.25, 0.3) is 0 Å². The van der Waals surface area contributed by atoms with Gasteiger partial charge in [-0.05, 0) is 31.1 Å². The number of alkyl halides is 1. The summed E-state index contributed by atoms with van der Waals surface area (Å²) in [5.41, 5.74) is -0.348. The zero-order valence-corrected chi connectivity index (χ0v) is 14.5. The summed E-state index contributed by atoms with van der Waals surface area (Å²) in [6, 6.07) is 2.95. The van der Waals surface area contributed by atoms with Crippen molar-refractivity contribution in [3.05, 3.63) is 47.0 Å². The number of rotatable bonds is 3. The van der Waals surface area contributed by atoms with E-state index in [0.29, 0.717) is 11.5 Å². The Hall–Kier alpha value is -1.25. The maximum Gasteiger partial charge on any atom is 0.164 e. The molecule has 0 radical (unpaired) electrons. The number of allylic oxidation sites excluding steroid dienone is 2. The summed E-state index contributed by atoms with van der Waals surface area (Å²) in [4.78, 5) is 0. The second-order valence-corrected chi connectivity index (χ2v) is 7.79. The Labute approximate surface area is 143 Å². The molecule has 1 aromatic carbocycles. The van der Waals surface area contributed by atoms with Gasteiger partial charge in [0.15, 0.2) is 11.6 Å². The lowest BCUT2D eigenvalue weighted by Crippen LogP contribution is -2.23. The molecule has 3 heteroatoms. The summed E-state index contributed by atoms with van der Waals surface area (Å²) < 4.78 is 41.2. The van der Waals surface area contributed by atoms with Gasteiger partial charge in [0.2, 0.25) is 0 Å². The van der Waals surface area contributed by atoms with Crippen LogP contribution in [0.4, 0.5) is 13.2 Å². The van der Waals surface area contributed by atoms with Gasteiger partial charge in [-0.15, -0.1) is 0 Å². The van der Waals surface area contributed by atoms with Crippen molar-refractivity contribution in [1.29, 1.82) is 0 Å². The van der Waals surface area contributed by atoms with Crippen molar-refractivity contribution < 1.29 is 13.2 Å². The predicted octanol–water partition coefficient (Wildman–Crippen LogP) is 6.63. The molecule has 2 aliphatic rings. The zero-order valence-electron chi connectivity index (χ0n) is 14.5. The topological polar surface area (TPSA) is 0 Å². The van der Waals surface area contributed by atoms with Gasteiger partial charge in [-0.2, -0.15) is 0 Å². The maximum atomic E-state index is 14.5. The summed E-state index contributed by atoms with van der Waals surface area (Å²) in [6.07, 6.45) is 13.7. The van der Waals surface area contributed by atoms with Crippen LogP contribution in [-0.2, 0) is 12.1 Å². The van der Waals surface area contributed by atoms with Crippen LogP contribution in [-0.4, -0.2) is 0 Å². The Morgan fingerprint density at radius 1 is 1.00 bits per heavy atom. The lowest BCUT2D eigenvalue weighted by atomic mass is 9.74. The number of hydrogen-bond donors (Lipinski definition) is 0. The van der Waals surface area contributed by atoms with Crippen LogP contribution < -0.4 is 0 Å². The highest BCUT2D eigenvalue weighted by Gasteiger charge is 2.33. The second kappa shape index (κ2) is 7.33. The largest absolute Gasteiger partial charge is 0.246 e. The summed E-state index contributed by atoms with van der Waals surface area (Å²) in [6.45, 7) is 0.999. The summed E-state index contributed by atoms with van der Waals surface area (Å²) in [5, 5.41) is 0. The van der Waals surface area contributed by atoms with Crippen molar-refractivity contribution in [2.75, 3.05) is 0 Å². The van der Waals surface area contributed by atoms with Gasteiger partial charge >= 0.3 is 0 Å². The molecule has 0 amide bonds. The molecule has 0 nitrogen and oxygen atoms in total. The SMILES string of the molecule is CC1(c2ccc(CF)c(F)c2F)C=CCC(C2CCCCC2)CC1. The van der Waals surface area contributed by atoms with E-state index in [-0.39, 0.29) is 5.56 Å². The van der Waals surface area contributed by atoms with E-state index in [9.17, 15) is 13.2 Å². The number of benzene rings is 1. The fourth-order valence-electron chi connectivity index (χ4n) is 4.58. The van der Waals surface area contributed by atoms with Crippen LogP contribution in [0.15, 0.2) is 24.3 Å². The quantitative estimate of drug-likeness (QED) is 0.544. The third-order valence-corrected chi connectivity index (χ3v) is 6.20. The third-order valence-electron chi connectivity index (χ3n) is 6.20. The molecule has 0 aliphatic heterocycles. The van der Waals surface area contributed by atoms with E-state index in [1.54, 1.807) is 6.07 Å². The molecule has 132 valence electrons. The molecular weight excluding hydrogens is 309 g/mol. The monoisotopic (exact) mass is 336 g/mol. The van der Waals surface area contributed by atoms with Crippen molar-refractivity contribution in [2.24, 2.45) is 11.8 Å². The average Bonchev–Trinajstić information content (AvgIpc) is 2.80. The van der Waals surface area contributed by atoms with Crippen LogP contribution in [0.2, 0.25) is 0 Å². The van der Waals surface area contributed by atoms with Crippen LogP contribution in [0.1, 0.15) is 69.4 Å². The van der Waals surface area contributed by atoms with Crippen LogP contribution in [0.3, 0.4) is 0 Å². The molecule has 0 heterocycles. The summed E-state index contributed by atoms with van der Waals surface area (Å²) in [5.74, 6) is -0.478. The highest BCUT2D eigenvalue weighted by molar-refractivity contribution is 5.35. The first-order valence-corrected chi connectivity index (χ1v) is 9.26. The van der Waals surface area contributed by atoms with Gasteiger partial charge in [-0.3, -0.25) is 0 Å². The minimum atomic E-state index is -1.03. The van der Waals surface area contributed by atoms with Crippen LogP contribution in [0, 0.1) is 23.5 Å². The highest BCUT2D eigenvalue weighted by Crippen LogP contribution is 2.42. The van der Waals surface area contributed by atoms with E-state index in [0.717, 1.165) is 25.2 Å². The van der Waals surface area contributed by atoms with E-state index in [1.807, 2.05) is 13.0 Å². The molecule has 0 aromatic heterocycles. The molecule has 1 saturated carbocycles. The Kier molecular flexibility index (Phi) is 5.36. The number of halogens is 3. The molecule has 0 spiro atoms. The first-order chi connectivity index (χ1) is 11.5. The van der Waals surface area contributed by atoms with E-state index in [2.05, 4.69) is 6.08 Å². The lowest BCUT2D eigenvalue weighted by molar-refractivity contribution is 0.229. The van der Waals surface area contributed by atoms with Gasteiger partial charge in [-0.1, -0.05) is 63.3 Å². The molecule has 1 fully saturated rings. The molecule has 24 heavy (non-hydrogen) atoms. The molecule has 1 aromatic rings. The Bertz CT molecular complexity index is 601. The van der Waals surface area contributed by atoms with Gasteiger partial charge in [0.1, 0.15) is 6.67 Å². The highest BCUT2D eigenvalue weighted by atomic mass is 19.2. The van der Waals surface area contributed by atoms with Crippen LogP contribution in [0.5, 0.6) is 0 Å². The first kappa shape index (κ1) is 17.6. The molecule has 2 unspecified atom stereocenters. The van der Waals surface area contributed by atoms with Gasteiger partial charge < -0.3 is 0 Å². The van der Waals surface area contributed by atoms with Crippen molar-refractivity contribution in [3.63, 3.8) is 0 Å². The smallest absolute Gasteiger partial charge is 0.164 e. The zero-order chi connectivity index (χ0) is 17.2. The molecule has 0 saturated heterocycles. The van der Waals surface area contributed by atoms with Crippen molar-refractivity contribution in [2.45, 2.75) is 70.4 Å². The van der Waals surface area contributed by atoms with E-state index in [4.69, 9.17) is 0 Å². The van der Waals surface area contributed by atoms with Gasteiger partial charge in [-0.25, -0.2) is 13.2 Å². The van der Waals surface area contributed by atoms with Gasteiger partial charge in [0.05, 0.1) is 0 Å². The van der Waals surface area contributed by atoms with Gasteiger partial charge in [0, 0.05) is 16.5 Å². The minimum absolute atomic E-state index is 0.197. The molecule has 0 bridgehead atoms. The van der Waals surface area contributed by atoms with E-state index >= 15 is 0 Å². The van der Waals surface area contributed by atoms with Crippen molar-refractivity contribution in [1.82, 2.24) is 0 Å². The summed E-state index contributed by atoms with van der Waals surface area (Å²) >= 11 is 0. The van der Waals surface area contributed by atoms with E-state index < -0.39 is 23.7 Å². The summed E-state index contributed by atoms with van der Waals surface area (Å²) in [7, 11) is 0. The van der Waals surface area contributed by atoms with Gasteiger partial charge in [0.25, 0.3) is 0 Å². The Balaban J connectivity index is 1.80. The predicted molar refractivity (Wildman–Crippen MR) is 91.6 cm³/mol. The van der Waals surface area contributed by atoms with E-state index in [1.165, 1.54) is 38.2 Å². The maximum absolute atomic E-state index is 14.5. The minimum Gasteiger partial charge on any atom is -0.246 e. The molecule has 2 aliphatic carbocycles. The van der Waals surface area contributed by atoms with Crippen molar-refractivity contribution >= 4 is 0 Å². The Morgan fingerprint density at radius 3 is 2.46 bits per heavy atom. The molecule has 3 rings (SSSR count). The normalized spacial score (nSPS) is 28.8. The standard InChI is InChI=1S/C21H27F3/c1-21(18-10-9-17(14-22)19(23)20(18)24)12-5-8-16(11-13-21)15-6-3-2-4-7-15/h5,9-10,12,15-16H,2-4,6-8,11,13-14H2,1H3.